The summed E-state index contributed by atoms with van der Waals surface area (Å²) in [6.07, 6.45) is 1.15. The van der Waals surface area contributed by atoms with Crippen LogP contribution in [-0.4, -0.2) is 38.3 Å². The van der Waals surface area contributed by atoms with Crippen LogP contribution in [-0.2, 0) is 20.6 Å². The molecule has 27 heavy (non-hydrogen) atoms. The Hall–Kier alpha value is -2.18. The Balaban J connectivity index is 1.48. The Morgan fingerprint density at radius 1 is 1.00 bits per heavy atom. The Labute approximate surface area is 160 Å². The summed E-state index contributed by atoms with van der Waals surface area (Å²) in [5.74, 6) is 0.0960. The monoisotopic (exact) mass is 384 g/mol. The summed E-state index contributed by atoms with van der Waals surface area (Å²) < 4.78 is 27.4. The molecule has 0 radical (unpaired) electrons. The van der Waals surface area contributed by atoms with Crippen molar-refractivity contribution in [1.82, 2.24) is 4.31 Å². The van der Waals surface area contributed by atoms with Gasteiger partial charge >= 0.3 is 0 Å². The number of sulfonamides is 1. The fourth-order valence-electron chi connectivity index (χ4n) is 4.13. The number of anilines is 1. The summed E-state index contributed by atoms with van der Waals surface area (Å²) in [5.41, 5.74) is 2.53. The number of nitrogens with zero attached hydrogens (tertiary/aromatic N) is 2. The fourth-order valence-corrected chi connectivity index (χ4v) is 5.77. The van der Waals surface area contributed by atoms with Gasteiger partial charge in [0.05, 0.1) is 5.75 Å². The third kappa shape index (κ3) is 3.64. The van der Waals surface area contributed by atoms with Crippen molar-refractivity contribution in [3.63, 3.8) is 0 Å². The molecule has 0 aliphatic carbocycles. The lowest BCUT2D eigenvalue weighted by Crippen LogP contribution is -2.34. The van der Waals surface area contributed by atoms with Crippen molar-refractivity contribution in [3.05, 3.63) is 65.7 Å². The molecule has 142 valence electrons. The van der Waals surface area contributed by atoms with Crippen LogP contribution in [0.4, 0.5) is 5.69 Å². The molecule has 0 bridgehead atoms. The lowest BCUT2D eigenvalue weighted by molar-refractivity contribution is -0.117. The third-order valence-electron chi connectivity index (χ3n) is 5.66. The first-order valence-electron chi connectivity index (χ1n) is 9.26. The van der Waals surface area contributed by atoms with Crippen molar-refractivity contribution in [2.75, 3.05) is 24.5 Å². The number of hydrogen-bond acceptors (Lipinski definition) is 3. The SMILES string of the molecule is Cc1ccc(CS(=O)(=O)N2CCC3(CC(=O)N(c4ccccc4)C3)C2)cc1. The first-order chi connectivity index (χ1) is 12.9. The maximum atomic E-state index is 12.9. The van der Waals surface area contributed by atoms with Gasteiger partial charge in [0.1, 0.15) is 0 Å². The van der Waals surface area contributed by atoms with Gasteiger partial charge in [0.25, 0.3) is 0 Å². The van der Waals surface area contributed by atoms with Crippen LogP contribution >= 0.6 is 0 Å². The molecule has 4 rings (SSSR count). The van der Waals surface area contributed by atoms with E-state index in [1.54, 1.807) is 9.21 Å². The molecule has 2 saturated heterocycles. The average Bonchev–Trinajstić information content (AvgIpc) is 3.21. The van der Waals surface area contributed by atoms with E-state index >= 15 is 0 Å². The number of para-hydroxylation sites is 1. The summed E-state index contributed by atoms with van der Waals surface area (Å²) in [6.45, 7) is 3.49. The molecule has 0 saturated carbocycles. The molecular weight excluding hydrogens is 360 g/mol. The van der Waals surface area contributed by atoms with Crippen molar-refractivity contribution >= 4 is 21.6 Å². The van der Waals surface area contributed by atoms with E-state index in [2.05, 4.69) is 0 Å². The van der Waals surface area contributed by atoms with Gasteiger partial charge in [-0.2, -0.15) is 0 Å². The van der Waals surface area contributed by atoms with Crippen molar-refractivity contribution < 1.29 is 13.2 Å². The molecule has 2 aromatic rings. The number of rotatable bonds is 4. The highest BCUT2D eigenvalue weighted by Crippen LogP contribution is 2.42. The summed E-state index contributed by atoms with van der Waals surface area (Å²) in [4.78, 5) is 14.4. The van der Waals surface area contributed by atoms with Crippen LogP contribution in [0.15, 0.2) is 54.6 Å². The molecule has 1 unspecified atom stereocenters. The van der Waals surface area contributed by atoms with Crippen molar-refractivity contribution in [3.8, 4) is 0 Å². The van der Waals surface area contributed by atoms with E-state index in [1.807, 2.05) is 61.5 Å². The van der Waals surface area contributed by atoms with E-state index in [0.717, 1.165) is 23.2 Å². The Bertz CT molecular complexity index is 941. The van der Waals surface area contributed by atoms with Crippen molar-refractivity contribution in [2.45, 2.75) is 25.5 Å². The number of amides is 1. The van der Waals surface area contributed by atoms with E-state index in [-0.39, 0.29) is 17.1 Å². The van der Waals surface area contributed by atoms with Crippen LogP contribution in [0.2, 0.25) is 0 Å². The van der Waals surface area contributed by atoms with Crippen LogP contribution in [0.3, 0.4) is 0 Å². The van der Waals surface area contributed by atoms with E-state index in [1.165, 1.54) is 0 Å². The van der Waals surface area contributed by atoms with E-state index in [4.69, 9.17) is 0 Å². The topological polar surface area (TPSA) is 57.7 Å². The van der Waals surface area contributed by atoms with Gasteiger partial charge < -0.3 is 4.90 Å². The molecule has 2 aromatic carbocycles. The third-order valence-corrected chi connectivity index (χ3v) is 7.45. The maximum Gasteiger partial charge on any atom is 0.227 e. The zero-order chi connectivity index (χ0) is 19.1. The van der Waals surface area contributed by atoms with Gasteiger partial charge in [-0.15, -0.1) is 0 Å². The van der Waals surface area contributed by atoms with E-state index in [9.17, 15) is 13.2 Å². The number of aryl methyl sites for hydroxylation is 1. The molecule has 2 aliphatic heterocycles. The van der Waals surface area contributed by atoms with Gasteiger partial charge in [0.2, 0.25) is 15.9 Å². The summed E-state index contributed by atoms with van der Waals surface area (Å²) in [6, 6.07) is 17.2. The molecule has 0 N–H and O–H groups in total. The smallest absolute Gasteiger partial charge is 0.227 e. The molecular formula is C21H24N2O3S. The van der Waals surface area contributed by atoms with Crippen LogP contribution in [0, 0.1) is 12.3 Å². The quantitative estimate of drug-likeness (QED) is 0.814. The van der Waals surface area contributed by atoms with Crippen LogP contribution in [0.25, 0.3) is 0 Å². The highest BCUT2D eigenvalue weighted by Gasteiger charge is 2.50. The van der Waals surface area contributed by atoms with E-state index in [0.29, 0.717) is 26.1 Å². The Kier molecular flexibility index (Phi) is 4.56. The van der Waals surface area contributed by atoms with Gasteiger partial charge in [0.15, 0.2) is 0 Å². The van der Waals surface area contributed by atoms with Gasteiger partial charge in [0, 0.05) is 37.2 Å². The minimum Gasteiger partial charge on any atom is -0.312 e. The number of carbonyl (C=O) groups is 1. The van der Waals surface area contributed by atoms with Gasteiger partial charge in [-0.05, 0) is 31.0 Å². The second-order valence-corrected chi connectivity index (χ2v) is 9.79. The lowest BCUT2D eigenvalue weighted by Gasteiger charge is -2.24. The molecule has 1 atom stereocenters. The van der Waals surface area contributed by atoms with Gasteiger partial charge in [-0.25, -0.2) is 12.7 Å². The second kappa shape index (κ2) is 6.77. The average molecular weight is 385 g/mol. The largest absolute Gasteiger partial charge is 0.312 e. The lowest BCUT2D eigenvalue weighted by atomic mass is 9.86. The number of hydrogen-bond donors (Lipinski definition) is 0. The molecule has 0 aromatic heterocycles. The molecule has 2 aliphatic rings. The zero-order valence-electron chi connectivity index (χ0n) is 15.5. The minimum absolute atomic E-state index is 0.0136. The number of carbonyl (C=O) groups excluding carboxylic acids is 1. The highest BCUT2D eigenvalue weighted by atomic mass is 32.2. The standard InChI is InChI=1S/C21H24N2O3S/c1-17-7-9-18(10-8-17)14-27(25,26)22-12-11-21(15-22)13-20(24)23(16-21)19-5-3-2-4-6-19/h2-10H,11-16H2,1H3. The Morgan fingerprint density at radius 2 is 1.70 bits per heavy atom. The fraction of sp³-hybridized carbons (Fsp3) is 0.381. The minimum atomic E-state index is -3.39. The molecule has 6 heteroatoms. The molecule has 2 fully saturated rings. The predicted molar refractivity (Wildman–Crippen MR) is 106 cm³/mol. The number of benzene rings is 2. The summed E-state index contributed by atoms with van der Waals surface area (Å²) in [5, 5.41) is 0. The summed E-state index contributed by atoms with van der Waals surface area (Å²) >= 11 is 0. The molecule has 2 heterocycles. The zero-order valence-corrected chi connectivity index (χ0v) is 16.3. The molecule has 1 spiro atoms. The second-order valence-electron chi connectivity index (χ2n) is 7.82. The van der Waals surface area contributed by atoms with Gasteiger partial charge in [-0.1, -0.05) is 48.0 Å². The molecule has 1 amide bonds. The van der Waals surface area contributed by atoms with E-state index < -0.39 is 10.0 Å². The van der Waals surface area contributed by atoms with Crippen molar-refractivity contribution in [2.24, 2.45) is 5.41 Å². The first kappa shape index (κ1) is 18.2. The van der Waals surface area contributed by atoms with Crippen LogP contribution < -0.4 is 4.90 Å². The maximum absolute atomic E-state index is 12.9. The van der Waals surface area contributed by atoms with Crippen LogP contribution in [0.1, 0.15) is 24.0 Å². The first-order valence-corrected chi connectivity index (χ1v) is 10.9. The Morgan fingerprint density at radius 3 is 2.41 bits per heavy atom. The normalized spacial score (nSPS) is 23.4. The predicted octanol–water partition coefficient (Wildman–Crippen LogP) is 2.95. The van der Waals surface area contributed by atoms with Crippen LogP contribution in [0.5, 0.6) is 0 Å². The highest BCUT2D eigenvalue weighted by molar-refractivity contribution is 7.88. The van der Waals surface area contributed by atoms with Gasteiger partial charge in [-0.3, -0.25) is 4.79 Å². The van der Waals surface area contributed by atoms with Crippen molar-refractivity contribution in [1.29, 1.82) is 0 Å². The molecule has 5 nitrogen and oxygen atoms in total. The summed E-state index contributed by atoms with van der Waals surface area (Å²) in [7, 11) is -3.39.